The average Bonchev–Trinajstić information content (AvgIpc) is 2.82. The number of rotatable bonds is 6. The quantitative estimate of drug-likeness (QED) is 0.781. The molecule has 20 heavy (non-hydrogen) atoms. The Morgan fingerprint density at radius 1 is 1.40 bits per heavy atom. The summed E-state index contributed by atoms with van der Waals surface area (Å²) in [6, 6.07) is 1.16. The van der Waals surface area contributed by atoms with Crippen LogP contribution in [0.15, 0.2) is 0 Å². The lowest BCUT2D eigenvalue weighted by Gasteiger charge is -2.39. The van der Waals surface area contributed by atoms with Crippen molar-refractivity contribution < 1.29 is 4.79 Å². The molecule has 2 fully saturated rings. The molecule has 0 spiro atoms. The van der Waals surface area contributed by atoms with E-state index in [0.717, 1.165) is 24.9 Å². The fourth-order valence-electron chi connectivity index (χ4n) is 4.35. The van der Waals surface area contributed by atoms with E-state index in [0.29, 0.717) is 6.04 Å². The smallest absolute Gasteiger partial charge is 0.237 e. The van der Waals surface area contributed by atoms with E-state index < -0.39 is 5.54 Å². The van der Waals surface area contributed by atoms with Crippen LogP contribution >= 0.6 is 0 Å². The number of hydrogen-bond donors (Lipinski definition) is 2. The van der Waals surface area contributed by atoms with Gasteiger partial charge < -0.3 is 11.1 Å². The van der Waals surface area contributed by atoms with Gasteiger partial charge in [0.15, 0.2) is 0 Å². The molecule has 0 bridgehead atoms. The van der Waals surface area contributed by atoms with Crippen LogP contribution in [-0.2, 0) is 4.79 Å². The minimum absolute atomic E-state index is 0.231. The Balaban J connectivity index is 2.00. The summed E-state index contributed by atoms with van der Waals surface area (Å²) in [6.45, 7) is 8.20. The zero-order valence-corrected chi connectivity index (χ0v) is 13.3. The number of likely N-dealkylation sites (N-methyl/N-ethyl adjacent to an activating group) is 1. The minimum Gasteiger partial charge on any atom is -0.368 e. The highest BCUT2D eigenvalue weighted by atomic mass is 16.1. The van der Waals surface area contributed by atoms with Crippen LogP contribution in [-0.4, -0.2) is 41.5 Å². The van der Waals surface area contributed by atoms with Crippen molar-refractivity contribution in [3.63, 3.8) is 0 Å². The summed E-state index contributed by atoms with van der Waals surface area (Å²) in [7, 11) is 0. The predicted molar refractivity (Wildman–Crippen MR) is 82.4 cm³/mol. The van der Waals surface area contributed by atoms with Crippen LogP contribution in [0.3, 0.4) is 0 Å². The van der Waals surface area contributed by atoms with Gasteiger partial charge in [0.1, 0.15) is 0 Å². The van der Waals surface area contributed by atoms with Gasteiger partial charge in [0.2, 0.25) is 5.91 Å². The third kappa shape index (κ3) is 3.17. The second-order valence-corrected chi connectivity index (χ2v) is 6.92. The molecule has 0 radical (unpaired) electrons. The number of likely N-dealkylation sites (tertiary alicyclic amines) is 1. The molecule has 1 heterocycles. The van der Waals surface area contributed by atoms with Crippen molar-refractivity contribution in [1.29, 1.82) is 0 Å². The fourth-order valence-corrected chi connectivity index (χ4v) is 4.35. The summed E-state index contributed by atoms with van der Waals surface area (Å²) >= 11 is 0. The molecule has 2 aliphatic rings. The first-order valence-corrected chi connectivity index (χ1v) is 8.28. The van der Waals surface area contributed by atoms with Gasteiger partial charge in [0.25, 0.3) is 0 Å². The monoisotopic (exact) mass is 281 g/mol. The van der Waals surface area contributed by atoms with Crippen LogP contribution in [0.25, 0.3) is 0 Å². The van der Waals surface area contributed by atoms with Gasteiger partial charge in [-0.25, -0.2) is 0 Å². The lowest BCUT2D eigenvalue weighted by Crippen LogP contribution is -2.56. The first-order valence-electron chi connectivity index (χ1n) is 8.28. The molecule has 0 aromatic rings. The Labute approximate surface area is 123 Å². The van der Waals surface area contributed by atoms with E-state index in [-0.39, 0.29) is 5.91 Å². The van der Waals surface area contributed by atoms with Gasteiger partial charge in [-0.3, -0.25) is 9.69 Å². The molecule has 4 nitrogen and oxygen atoms in total. The number of nitrogens with one attached hydrogen (secondary N) is 1. The first kappa shape index (κ1) is 15.8. The van der Waals surface area contributed by atoms with E-state index >= 15 is 0 Å². The number of primary amides is 1. The molecule has 4 atom stereocenters. The zero-order chi connectivity index (χ0) is 14.8. The molecule has 4 unspecified atom stereocenters. The lowest BCUT2D eigenvalue weighted by molar-refractivity contribution is -0.124. The van der Waals surface area contributed by atoms with E-state index in [1.807, 2.05) is 13.8 Å². The number of nitrogens with two attached hydrogens (primary N) is 1. The minimum atomic E-state index is -0.582. The second-order valence-electron chi connectivity index (χ2n) is 6.92. The molecule has 2 rings (SSSR count). The molecule has 0 aromatic carbocycles. The van der Waals surface area contributed by atoms with Gasteiger partial charge in [-0.05, 0) is 58.5 Å². The van der Waals surface area contributed by atoms with Gasteiger partial charge in [-0.1, -0.05) is 19.8 Å². The lowest BCUT2D eigenvalue weighted by atomic mass is 9.84. The summed E-state index contributed by atoms with van der Waals surface area (Å²) in [5, 5.41) is 3.28. The van der Waals surface area contributed by atoms with E-state index in [9.17, 15) is 4.79 Å². The van der Waals surface area contributed by atoms with Crippen molar-refractivity contribution in [3.05, 3.63) is 0 Å². The average molecular weight is 281 g/mol. The number of hydrogen-bond acceptors (Lipinski definition) is 3. The largest absolute Gasteiger partial charge is 0.368 e. The van der Waals surface area contributed by atoms with Crippen molar-refractivity contribution in [3.8, 4) is 0 Å². The molecule has 0 aromatic heterocycles. The Morgan fingerprint density at radius 2 is 2.10 bits per heavy atom. The maximum absolute atomic E-state index is 11.8. The Hall–Kier alpha value is -0.610. The zero-order valence-electron chi connectivity index (χ0n) is 13.3. The number of amides is 1. The summed E-state index contributed by atoms with van der Waals surface area (Å²) in [5.41, 5.74) is 5.03. The molecule has 1 saturated carbocycles. The van der Waals surface area contributed by atoms with Gasteiger partial charge in [0, 0.05) is 12.1 Å². The summed E-state index contributed by atoms with van der Waals surface area (Å²) in [4.78, 5) is 14.4. The molecule has 1 amide bonds. The highest BCUT2D eigenvalue weighted by Gasteiger charge is 2.40. The molecule has 116 valence electrons. The van der Waals surface area contributed by atoms with E-state index in [4.69, 9.17) is 5.73 Å². The van der Waals surface area contributed by atoms with Gasteiger partial charge in [0.05, 0.1) is 5.54 Å². The van der Waals surface area contributed by atoms with Crippen molar-refractivity contribution >= 4 is 5.91 Å². The van der Waals surface area contributed by atoms with Gasteiger partial charge in [-0.15, -0.1) is 0 Å². The second kappa shape index (κ2) is 6.44. The Morgan fingerprint density at radius 3 is 2.75 bits per heavy atom. The Kier molecular flexibility index (Phi) is 5.08. The Bertz CT molecular complexity index is 347. The van der Waals surface area contributed by atoms with Crippen LogP contribution in [0.1, 0.15) is 59.3 Å². The number of carbonyl (C=O) groups is 1. The predicted octanol–water partition coefficient (Wildman–Crippen LogP) is 1.88. The maximum Gasteiger partial charge on any atom is 0.237 e. The third-order valence-corrected chi connectivity index (χ3v) is 5.43. The summed E-state index contributed by atoms with van der Waals surface area (Å²) in [5.74, 6) is 0.663. The standard InChI is InChI=1S/C16H31N3O/c1-4-18-16(3,15(17)20)11-12(2)19-10-9-13-7-5-6-8-14(13)19/h12-14,18H,4-11H2,1-3H3,(H2,17,20). The molecule has 4 heteroatoms. The van der Waals surface area contributed by atoms with E-state index in [2.05, 4.69) is 17.1 Å². The highest BCUT2D eigenvalue weighted by Crippen LogP contribution is 2.38. The van der Waals surface area contributed by atoms with Gasteiger partial charge in [-0.2, -0.15) is 0 Å². The number of fused-ring (bicyclic) bond motifs is 1. The van der Waals surface area contributed by atoms with Crippen LogP contribution < -0.4 is 11.1 Å². The SMILES string of the molecule is CCNC(C)(CC(C)N1CCC2CCCCC21)C(N)=O. The van der Waals surface area contributed by atoms with Gasteiger partial charge >= 0.3 is 0 Å². The van der Waals surface area contributed by atoms with Crippen molar-refractivity contribution in [1.82, 2.24) is 10.2 Å². The van der Waals surface area contributed by atoms with Crippen molar-refractivity contribution in [2.45, 2.75) is 76.9 Å². The van der Waals surface area contributed by atoms with E-state index in [1.54, 1.807) is 0 Å². The summed E-state index contributed by atoms with van der Waals surface area (Å²) < 4.78 is 0. The fraction of sp³-hybridized carbons (Fsp3) is 0.938. The van der Waals surface area contributed by atoms with E-state index in [1.165, 1.54) is 38.6 Å². The van der Waals surface area contributed by atoms with Crippen LogP contribution in [0.2, 0.25) is 0 Å². The number of carbonyl (C=O) groups excluding carboxylic acids is 1. The normalized spacial score (nSPS) is 31.6. The molecule has 1 aliphatic heterocycles. The summed E-state index contributed by atoms with van der Waals surface area (Å²) in [6.07, 6.45) is 7.64. The van der Waals surface area contributed by atoms with Crippen LogP contribution in [0, 0.1) is 5.92 Å². The topological polar surface area (TPSA) is 58.4 Å². The van der Waals surface area contributed by atoms with Crippen molar-refractivity contribution in [2.24, 2.45) is 11.7 Å². The number of nitrogens with zero attached hydrogens (tertiary/aromatic N) is 1. The first-order chi connectivity index (χ1) is 9.48. The van der Waals surface area contributed by atoms with Crippen LogP contribution in [0.4, 0.5) is 0 Å². The molecule has 1 aliphatic carbocycles. The third-order valence-electron chi connectivity index (χ3n) is 5.43. The molecular formula is C16H31N3O. The van der Waals surface area contributed by atoms with Crippen molar-refractivity contribution in [2.75, 3.05) is 13.1 Å². The maximum atomic E-state index is 11.8. The highest BCUT2D eigenvalue weighted by molar-refractivity contribution is 5.84. The molecule has 3 N–H and O–H groups in total. The molecular weight excluding hydrogens is 250 g/mol. The molecule has 1 saturated heterocycles. The van der Waals surface area contributed by atoms with Crippen LogP contribution in [0.5, 0.6) is 0 Å².